The highest BCUT2D eigenvalue weighted by Gasteiger charge is 2.36. The second kappa shape index (κ2) is 5.77. The van der Waals surface area contributed by atoms with Crippen molar-refractivity contribution in [3.8, 4) is 0 Å². The number of rotatable bonds is 4. The van der Waals surface area contributed by atoms with Crippen LogP contribution in [0.4, 0.5) is 0 Å². The lowest BCUT2D eigenvalue weighted by Crippen LogP contribution is -2.40. The zero-order valence-electron chi connectivity index (χ0n) is 11.7. The number of benzene rings is 1. The topological polar surface area (TPSA) is 79.4 Å². The highest BCUT2D eigenvalue weighted by atomic mass is 16.2. The van der Waals surface area contributed by atoms with Gasteiger partial charge in [-0.15, -0.1) is 0 Å². The molecule has 0 saturated carbocycles. The van der Waals surface area contributed by atoms with Gasteiger partial charge in [-0.25, -0.2) is 0 Å². The molecule has 6 heteroatoms. The average molecular weight is 295 g/mol. The summed E-state index contributed by atoms with van der Waals surface area (Å²) in [5.41, 5.74) is 1.53. The number of hydrogen-bond donors (Lipinski definition) is 1. The van der Waals surface area contributed by atoms with Crippen molar-refractivity contribution in [3.05, 3.63) is 65.5 Å². The average Bonchev–Trinajstić information content (AvgIpc) is 2.79. The van der Waals surface area contributed by atoms with Crippen LogP contribution < -0.4 is 5.32 Å². The van der Waals surface area contributed by atoms with E-state index >= 15 is 0 Å². The zero-order chi connectivity index (χ0) is 15.5. The Bertz CT molecular complexity index is 708. The Hall–Kier alpha value is -3.02. The molecule has 2 heterocycles. The summed E-state index contributed by atoms with van der Waals surface area (Å²) in [6, 6.07) is 10.2. The van der Waals surface area contributed by atoms with Crippen molar-refractivity contribution >= 4 is 17.7 Å². The van der Waals surface area contributed by atoms with E-state index in [-0.39, 0.29) is 6.54 Å². The van der Waals surface area contributed by atoms with Gasteiger partial charge in [0.25, 0.3) is 11.8 Å². The molecular weight excluding hydrogens is 282 g/mol. The van der Waals surface area contributed by atoms with Crippen molar-refractivity contribution in [2.75, 3.05) is 6.54 Å². The van der Waals surface area contributed by atoms with E-state index in [1.807, 2.05) is 6.07 Å². The molecule has 3 rings (SSSR count). The van der Waals surface area contributed by atoms with Gasteiger partial charge in [0.15, 0.2) is 0 Å². The fraction of sp³-hybridized carbons (Fsp3) is 0.125. The Morgan fingerprint density at radius 1 is 1.05 bits per heavy atom. The summed E-state index contributed by atoms with van der Waals surface area (Å²) in [5.74, 6) is -1.26. The quantitative estimate of drug-likeness (QED) is 0.853. The van der Waals surface area contributed by atoms with Gasteiger partial charge >= 0.3 is 0 Å². The van der Waals surface area contributed by atoms with E-state index < -0.39 is 17.7 Å². The van der Waals surface area contributed by atoms with Crippen LogP contribution in [-0.4, -0.2) is 34.2 Å². The molecule has 22 heavy (non-hydrogen) atoms. The Morgan fingerprint density at radius 2 is 1.73 bits per heavy atom. The molecule has 6 nitrogen and oxygen atoms in total. The van der Waals surface area contributed by atoms with Crippen LogP contribution in [0.25, 0.3) is 0 Å². The standard InChI is InChI=1S/C16H13N3O3/c20-14(18-9-11-4-3-7-17-8-11)10-19-15(21)12-5-1-2-6-13(12)16(19)22/h1-8H,9-10H2,(H,18,20). The number of aromatic nitrogens is 1. The van der Waals surface area contributed by atoms with E-state index in [1.54, 1.807) is 42.7 Å². The van der Waals surface area contributed by atoms with Gasteiger partial charge in [0.1, 0.15) is 6.54 Å². The first-order valence-corrected chi connectivity index (χ1v) is 6.77. The molecule has 0 fully saturated rings. The number of imide groups is 1. The van der Waals surface area contributed by atoms with E-state index in [9.17, 15) is 14.4 Å². The third-order valence-corrected chi connectivity index (χ3v) is 3.39. The van der Waals surface area contributed by atoms with Gasteiger partial charge in [0.05, 0.1) is 11.1 Å². The first-order valence-electron chi connectivity index (χ1n) is 6.77. The highest BCUT2D eigenvalue weighted by Crippen LogP contribution is 2.21. The first kappa shape index (κ1) is 13.9. The minimum absolute atomic E-state index is 0.285. The molecule has 0 radical (unpaired) electrons. The van der Waals surface area contributed by atoms with Crippen LogP contribution in [0.2, 0.25) is 0 Å². The fourth-order valence-electron chi connectivity index (χ4n) is 2.29. The molecule has 1 aromatic carbocycles. The number of pyridine rings is 1. The van der Waals surface area contributed by atoms with Crippen LogP contribution >= 0.6 is 0 Å². The van der Waals surface area contributed by atoms with Gasteiger partial charge < -0.3 is 5.32 Å². The normalized spacial score (nSPS) is 13.2. The van der Waals surface area contributed by atoms with Gasteiger partial charge in [0, 0.05) is 18.9 Å². The van der Waals surface area contributed by atoms with Crippen molar-refractivity contribution in [1.82, 2.24) is 15.2 Å². The van der Waals surface area contributed by atoms with Crippen LogP contribution in [0.5, 0.6) is 0 Å². The van der Waals surface area contributed by atoms with E-state index in [1.165, 1.54) is 0 Å². The SMILES string of the molecule is O=C(CN1C(=O)c2ccccc2C1=O)NCc1cccnc1. The van der Waals surface area contributed by atoms with E-state index in [4.69, 9.17) is 0 Å². The molecule has 1 aliphatic heterocycles. The summed E-state index contributed by atoms with van der Waals surface area (Å²) in [4.78, 5) is 41.1. The summed E-state index contributed by atoms with van der Waals surface area (Å²) in [5, 5.41) is 2.67. The first-order chi connectivity index (χ1) is 10.7. The van der Waals surface area contributed by atoms with Crippen molar-refractivity contribution < 1.29 is 14.4 Å². The number of nitrogens with zero attached hydrogens (tertiary/aromatic N) is 2. The molecule has 3 amide bonds. The zero-order valence-corrected chi connectivity index (χ0v) is 11.7. The smallest absolute Gasteiger partial charge is 0.262 e. The molecular formula is C16H13N3O3. The maximum Gasteiger partial charge on any atom is 0.262 e. The monoisotopic (exact) mass is 295 g/mol. The Labute approximate surface area is 126 Å². The Morgan fingerprint density at radius 3 is 2.32 bits per heavy atom. The van der Waals surface area contributed by atoms with Crippen LogP contribution in [0.1, 0.15) is 26.3 Å². The maximum absolute atomic E-state index is 12.1. The lowest BCUT2D eigenvalue weighted by atomic mass is 10.1. The summed E-state index contributed by atoms with van der Waals surface area (Å²) >= 11 is 0. The number of nitrogens with one attached hydrogen (secondary N) is 1. The van der Waals surface area contributed by atoms with Gasteiger partial charge in [-0.2, -0.15) is 0 Å². The molecule has 1 aromatic heterocycles. The van der Waals surface area contributed by atoms with Crippen molar-refractivity contribution in [2.45, 2.75) is 6.54 Å². The maximum atomic E-state index is 12.1. The third-order valence-electron chi connectivity index (χ3n) is 3.39. The predicted molar refractivity (Wildman–Crippen MR) is 77.9 cm³/mol. The lowest BCUT2D eigenvalue weighted by molar-refractivity contribution is -0.121. The molecule has 2 aromatic rings. The molecule has 0 bridgehead atoms. The third kappa shape index (κ3) is 2.58. The van der Waals surface area contributed by atoms with E-state index in [0.717, 1.165) is 10.5 Å². The summed E-state index contributed by atoms with van der Waals surface area (Å²) in [6.07, 6.45) is 3.28. The predicted octanol–water partition coefficient (Wildman–Crippen LogP) is 0.994. The largest absolute Gasteiger partial charge is 0.350 e. The highest BCUT2D eigenvalue weighted by molar-refractivity contribution is 6.22. The molecule has 0 saturated heterocycles. The lowest BCUT2D eigenvalue weighted by Gasteiger charge is -2.13. The number of carbonyl (C=O) groups is 3. The van der Waals surface area contributed by atoms with Crippen molar-refractivity contribution in [3.63, 3.8) is 0 Å². The number of fused-ring (bicyclic) bond motifs is 1. The van der Waals surface area contributed by atoms with Crippen LogP contribution in [0.3, 0.4) is 0 Å². The van der Waals surface area contributed by atoms with Crippen molar-refractivity contribution in [1.29, 1.82) is 0 Å². The molecule has 0 unspecified atom stereocenters. The number of hydrogen-bond acceptors (Lipinski definition) is 4. The summed E-state index contributed by atoms with van der Waals surface area (Å²) in [7, 11) is 0. The second-order valence-electron chi connectivity index (χ2n) is 4.88. The minimum atomic E-state index is -0.433. The van der Waals surface area contributed by atoms with E-state index in [0.29, 0.717) is 17.7 Å². The Kier molecular flexibility index (Phi) is 3.65. The van der Waals surface area contributed by atoms with Crippen molar-refractivity contribution in [2.24, 2.45) is 0 Å². The van der Waals surface area contributed by atoms with Gasteiger partial charge in [-0.3, -0.25) is 24.3 Å². The van der Waals surface area contributed by atoms with Crippen LogP contribution in [0.15, 0.2) is 48.8 Å². The van der Waals surface area contributed by atoms with Crippen LogP contribution in [0, 0.1) is 0 Å². The molecule has 0 spiro atoms. The molecule has 1 N–H and O–H groups in total. The number of amides is 3. The summed E-state index contributed by atoms with van der Waals surface area (Å²) < 4.78 is 0. The molecule has 110 valence electrons. The molecule has 1 aliphatic rings. The second-order valence-corrected chi connectivity index (χ2v) is 4.88. The molecule has 0 atom stereocenters. The van der Waals surface area contributed by atoms with Crippen LogP contribution in [-0.2, 0) is 11.3 Å². The van der Waals surface area contributed by atoms with E-state index in [2.05, 4.69) is 10.3 Å². The summed E-state index contributed by atoms with van der Waals surface area (Å²) in [6.45, 7) is 0.0163. The minimum Gasteiger partial charge on any atom is -0.350 e. The van der Waals surface area contributed by atoms with Gasteiger partial charge in [-0.05, 0) is 23.8 Å². The number of carbonyl (C=O) groups excluding carboxylic acids is 3. The van der Waals surface area contributed by atoms with Gasteiger partial charge in [0.2, 0.25) is 5.91 Å². The Balaban J connectivity index is 1.63. The van der Waals surface area contributed by atoms with Gasteiger partial charge in [-0.1, -0.05) is 18.2 Å². The molecule has 0 aliphatic carbocycles. The fourth-order valence-corrected chi connectivity index (χ4v) is 2.29.